The molecule has 1 unspecified atom stereocenters. The minimum Gasteiger partial charge on any atom is -0.466 e. The highest BCUT2D eigenvalue weighted by Gasteiger charge is 2.34. The lowest BCUT2D eigenvalue weighted by Gasteiger charge is -2.30. The SMILES string of the molecule is CCOC(=O)C1CCCN(S(=O)(=O)c2ccc(C(=O)N=c3sc4cc(S(C)(=O)=O)ccc4n3C)cc2)C1. The van der Waals surface area contributed by atoms with Crippen LogP contribution in [0.1, 0.15) is 30.1 Å². The maximum atomic E-state index is 13.1. The van der Waals surface area contributed by atoms with Gasteiger partial charge in [-0.1, -0.05) is 11.3 Å². The summed E-state index contributed by atoms with van der Waals surface area (Å²) in [5.74, 6) is -1.46. The maximum Gasteiger partial charge on any atom is 0.310 e. The van der Waals surface area contributed by atoms with Gasteiger partial charge in [0.2, 0.25) is 10.0 Å². The zero-order valence-electron chi connectivity index (χ0n) is 20.6. The van der Waals surface area contributed by atoms with Crippen LogP contribution in [0.15, 0.2) is 57.2 Å². The second-order valence-corrected chi connectivity index (χ2v) is 13.7. The van der Waals surface area contributed by atoms with Gasteiger partial charge < -0.3 is 9.30 Å². The number of hydrogen-bond acceptors (Lipinski definition) is 8. The molecule has 1 aliphatic rings. The third-order valence-corrected chi connectivity index (χ3v) is 10.2. The lowest BCUT2D eigenvalue weighted by molar-refractivity contribution is -0.149. The van der Waals surface area contributed by atoms with Crippen LogP contribution in [0.5, 0.6) is 0 Å². The number of sulfone groups is 1. The normalized spacial score (nSPS) is 17.7. The monoisotopic (exact) mass is 565 g/mol. The number of rotatable bonds is 6. The molecule has 0 radical (unpaired) electrons. The molecule has 0 N–H and O–H groups in total. The lowest BCUT2D eigenvalue weighted by Crippen LogP contribution is -2.42. The van der Waals surface area contributed by atoms with Gasteiger partial charge in [0.25, 0.3) is 5.91 Å². The van der Waals surface area contributed by atoms with Gasteiger partial charge in [0.05, 0.1) is 32.5 Å². The van der Waals surface area contributed by atoms with Gasteiger partial charge in [-0.15, -0.1) is 0 Å². The molecule has 1 amide bonds. The van der Waals surface area contributed by atoms with Gasteiger partial charge in [-0.2, -0.15) is 9.30 Å². The van der Waals surface area contributed by atoms with Gasteiger partial charge in [-0.05, 0) is 62.2 Å². The number of esters is 1. The Bertz CT molecular complexity index is 1640. The van der Waals surface area contributed by atoms with Gasteiger partial charge in [-0.3, -0.25) is 9.59 Å². The molecule has 4 rings (SSSR count). The Morgan fingerprint density at radius 3 is 2.41 bits per heavy atom. The van der Waals surface area contributed by atoms with Crippen LogP contribution in [0.3, 0.4) is 0 Å². The molecule has 2 aromatic carbocycles. The van der Waals surface area contributed by atoms with Crippen LogP contribution >= 0.6 is 11.3 Å². The van der Waals surface area contributed by atoms with Crippen LogP contribution in [0.4, 0.5) is 0 Å². The van der Waals surface area contributed by atoms with Crippen molar-refractivity contribution in [2.75, 3.05) is 26.0 Å². The zero-order valence-corrected chi connectivity index (χ0v) is 23.0. The van der Waals surface area contributed by atoms with E-state index in [1.54, 1.807) is 30.7 Å². The van der Waals surface area contributed by atoms with Crippen LogP contribution in [-0.4, -0.2) is 63.5 Å². The number of aryl methyl sites for hydroxylation is 1. The molecule has 13 heteroatoms. The molecule has 1 fully saturated rings. The summed E-state index contributed by atoms with van der Waals surface area (Å²) in [6.07, 6.45) is 2.25. The number of carbonyl (C=O) groups is 2. The first kappa shape index (κ1) is 27.2. The summed E-state index contributed by atoms with van der Waals surface area (Å²) in [5, 5.41) is 0. The Morgan fingerprint density at radius 2 is 1.76 bits per heavy atom. The van der Waals surface area contributed by atoms with Crippen LogP contribution < -0.4 is 4.80 Å². The molecular formula is C24H27N3O7S3. The van der Waals surface area contributed by atoms with Crippen molar-refractivity contribution < 1.29 is 31.2 Å². The van der Waals surface area contributed by atoms with E-state index in [2.05, 4.69) is 4.99 Å². The highest BCUT2D eigenvalue weighted by atomic mass is 32.2. The summed E-state index contributed by atoms with van der Waals surface area (Å²) in [5.41, 5.74) is 0.935. The number of carbonyl (C=O) groups excluding carboxylic acids is 2. The smallest absolute Gasteiger partial charge is 0.310 e. The van der Waals surface area contributed by atoms with E-state index in [1.807, 2.05) is 0 Å². The lowest BCUT2D eigenvalue weighted by atomic mass is 10.0. The minimum absolute atomic E-state index is 0.0225. The molecule has 37 heavy (non-hydrogen) atoms. The predicted molar refractivity (Wildman–Crippen MR) is 138 cm³/mol. The third kappa shape index (κ3) is 5.69. The van der Waals surface area contributed by atoms with Crippen molar-refractivity contribution in [1.82, 2.24) is 8.87 Å². The Labute approximate surface area is 219 Å². The fraction of sp³-hybridized carbons (Fsp3) is 0.375. The fourth-order valence-corrected chi connectivity index (χ4v) is 7.44. The Balaban J connectivity index is 1.57. The molecule has 3 aromatic rings. The first-order valence-corrected chi connectivity index (χ1v) is 15.7. The van der Waals surface area contributed by atoms with Crippen molar-refractivity contribution in [3.05, 3.63) is 52.8 Å². The third-order valence-electron chi connectivity index (χ3n) is 6.15. The summed E-state index contributed by atoms with van der Waals surface area (Å²) < 4.78 is 58.7. The van der Waals surface area contributed by atoms with Gasteiger partial charge in [0.1, 0.15) is 0 Å². The van der Waals surface area contributed by atoms with E-state index >= 15 is 0 Å². The molecule has 10 nitrogen and oxygen atoms in total. The quantitative estimate of drug-likeness (QED) is 0.419. The molecule has 1 saturated heterocycles. The van der Waals surface area contributed by atoms with Crippen LogP contribution in [0.25, 0.3) is 10.2 Å². The van der Waals surface area contributed by atoms with Crippen molar-refractivity contribution in [1.29, 1.82) is 0 Å². The average Bonchev–Trinajstić information content (AvgIpc) is 3.18. The molecule has 0 bridgehead atoms. The molecule has 0 aliphatic carbocycles. The standard InChI is InChI=1S/C24H27N3O7S3/c1-4-34-23(29)17-6-5-13-27(15-17)37(32,33)18-9-7-16(8-10-18)22(28)25-24-26(2)20-12-11-19(36(3,30)31)14-21(20)35-24/h7-12,14,17H,4-6,13,15H2,1-3H3. The van der Waals surface area contributed by atoms with Crippen molar-refractivity contribution in [2.45, 2.75) is 29.6 Å². The summed E-state index contributed by atoms with van der Waals surface area (Å²) in [4.78, 5) is 29.7. The number of fused-ring (bicyclic) bond motifs is 1. The van der Waals surface area contributed by atoms with Crippen LogP contribution in [0, 0.1) is 5.92 Å². The number of benzene rings is 2. The number of ether oxygens (including phenoxy) is 1. The molecule has 2 heterocycles. The fourth-order valence-electron chi connectivity index (χ4n) is 4.13. The average molecular weight is 566 g/mol. The minimum atomic E-state index is -3.85. The number of nitrogens with zero attached hydrogens (tertiary/aromatic N) is 3. The molecule has 1 aromatic heterocycles. The Morgan fingerprint density at radius 1 is 1.08 bits per heavy atom. The molecule has 1 atom stereocenters. The van der Waals surface area contributed by atoms with Crippen molar-refractivity contribution in [2.24, 2.45) is 18.0 Å². The van der Waals surface area contributed by atoms with Gasteiger partial charge in [0.15, 0.2) is 14.6 Å². The second kappa shape index (κ2) is 10.5. The van der Waals surface area contributed by atoms with Gasteiger partial charge in [-0.25, -0.2) is 16.8 Å². The summed E-state index contributed by atoms with van der Waals surface area (Å²) in [6.45, 7) is 2.31. The van der Waals surface area contributed by atoms with E-state index in [9.17, 15) is 26.4 Å². The molecule has 1 aliphatic heterocycles. The zero-order chi connectivity index (χ0) is 27.0. The van der Waals surface area contributed by atoms with Crippen LogP contribution in [-0.2, 0) is 36.4 Å². The summed E-state index contributed by atoms with van der Waals surface area (Å²) in [7, 11) is -5.50. The number of hydrogen-bond donors (Lipinski definition) is 0. The predicted octanol–water partition coefficient (Wildman–Crippen LogP) is 2.35. The molecular weight excluding hydrogens is 538 g/mol. The molecule has 0 spiro atoms. The Kier molecular flexibility index (Phi) is 7.70. The number of aromatic nitrogens is 1. The number of piperidine rings is 1. The van der Waals surface area contributed by atoms with E-state index in [4.69, 9.17) is 4.74 Å². The number of thiazole rings is 1. The van der Waals surface area contributed by atoms with E-state index in [0.717, 1.165) is 11.8 Å². The first-order valence-electron chi connectivity index (χ1n) is 11.6. The largest absolute Gasteiger partial charge is 0.466 e. The van der Waals surface area contributed by atoms with Crippen molar-refractivity contribution in [3.8, 4) is 0 Å². The van der Waals surface area contributed by atoms with Gasteiger partial charge >= 0.3 is 5.97 Å². The highest BCUT2D eigenvalue weighted by Crippen LogP contribution is 2.25. The highest BCUT2D eigenvalue weighted by molar-refractivity contribution is 7.90. The topological polar surface area (TPSA) is 132 Å². The molecule has 0 saturated carbocycles. The first-order chi connectivity index (χ1) is 17.4. The van der Waals surface area contributed by atoms with Gasteiger partial charge in [0, 0.05) is 32.0 Å². The summed E-state index contributed by atoms with van der Waals surface area (Å²) >= 11 is 1.18. The van der Waals surface area contributed by atoms with E-state index in [1.165, 1.54) is 46.0 Å². The molecule has 198 valence electrons. The summed E-state index contributed by atoms with van der Waals surface area (Å²) in [6, 6.07) is 10.2. The van der Waals surface area contributed by atoms with E-state index in [-0.39, 0.29) is 28.5 Å². The number of amides is 1. The number of sulfonamides is 1. The second-order valence-electron chi connectivity index (χ2n) is 8.74. The Hall–Kier alpha value is -2.87. The van der Waals surface area contributed by atoms with Crippen molar-refractivity contribution in [3.63, 3.8) is 0 Å². The van der Waals surface area contributed by atoms with Crippen LogP contribution in [0.2, 0.25) is 0 Å². The van der Waals surface area contributed by atoms with E-state index < -0.39 is 37.7 Å². The maximum absolute atomic E-state index is 13.1. The van der Waals surface area contributed by atoms with E-state index in [0.29, 0.717) is 28.9 Å². The van der Waals surface area contributed by atoms with Crippen molar-refractivity contribution >= 4 is 53.3 Å².